The molecular formula is C10H10O4. The van der Waals surface area contributed by atoms with Crippen LogP contribution in [0.1, 0.15) is 13.8 Å². The molecule has 0 saturated carbocycles. The van der Waals surface area contributed by atoms with E-state index in [4.69, 9.17) is 4.74 Å². The molecule has 2 saturated heterocycles. The molecular weight excluding hydrogens is 184 g/mol. The minimum Gasteiger partial charge on any atom is -0.393 e. The van der Waals surface area contributed by atoms with Crippen LogP contribution in [0.5, 0.6) is 0 Å². The molecule has 14 heavy (non-hydrogen) atoms. The zero-order valence-corrected chi connectivity index (χ0v) is 7.94. The van der Waals surface area contributed by atoms with E-state index in [-0.39, 0.29) is 0 Å². The summed E-state index contributed by atoms with van der Waals surface area (Å²) in [6, 6.07) is 0. The summed E-state index contributed by atoms with van der Waals surface area (Å²) in [5.41, 5.74) is -1.30. The Morgan fingerprint density at radius 1 is 1.07 bits per heavy atom. The summed E-state index contributed by atoms with van der Waals surface area (Å²) < 4.78 is 10.4. The third-order valence-corrected chi connectivity index (χ3v) is 3.46. The molecule has 4 atom stereocenters. The maximum Gasteiger partial charge on any atom is 0.320 e. The normalized spacial score (nSPS) is 53.9. The molecule has 0 spiro atoms. The molecule has 0 radical (unpaired) electrons. The molecule has 3 heterocycles. The van der Waals surface area contributed by atoms with E-state index < -0.39 is 35.0 Å². The Labute approximate surface area is 80.9 Å². The van der Waals surface area contributed by atoms with E-state index in [9.17, 15) is 9.59 Å². The smallest absolute Gasteiger partial charge is 0.320 e. The van der Waals surface area contributed by atoms with Crippen LogP contribution in [0.3, 0.4) is 0 Å². The molecule has 0 aromatic heterocycles. The summed E-state index contributed by atoms with van der Waals surface area (Å²) in [4.78, 5) is 22.9. The van der Waals surface area contributed by atoms with Gasteiger partial charge >= 0.3 is 11.9 Å². The van der Waals surface area contributed by atoms with Gasteiger partial charge in [0.2, 0.25) is 0 Å². The fourth-order valence-electron chi connectivity index (χ4n) is 2.84. The Balaban J connectivity index is 2.18. The quantitative estimate of drug-likeness (QED) is 0.318. The molecule has 3 rings (SSSR count). The molecule has 2 bridgehead atoms. The molecule has 3 aliphatic rings. The summed E-state index contributed by atoms with van der Waals surface area (Å²) in [6.45, 7) is 3.64. The van der Waals surface area contributed by atoms with Crippen molar-refractivity contribution in [1.29, 1.82) is 0 Å². The fourth-order valence-corrected chi connectivity index (χ4v) is 2.84. The second-order valence-electron chi connectivity index (χ2n) is 4.50. The molecule has 0 aromatic rings. The lowest BCUT2D eigenvalue weighted by molar-refractivity contribution is -0.160. The largest absolute Gasteiger partial charge is 0.393 e. The number of carbonyl (C=O) groups is 2. The Morgan fingerprint density at radius 3 is 1.93 bits per heavy atom. The molecule has 0 amide bonds. The van der Waals surface area contributed by atoms with Crippen LogP contribution >= 0.6 is 0 Å². The number of hydrogen-bond acceptors (Lipinski definition) is 4. The van der Waals surface area contributed by atoms with Crippen molar-refractivity contribution in [3.63, 3.8) is 0 Å². The number of cyclic esters (lactones) is 2. The van der Waals surface area contributed by atoms with Crippen LogP contribution in [0.2, 0.25) is 0 Å². The van der Waals surface area contributed by atoms with Crippen LogP contribution in [-0.4, -0.2) is 23.1 Å². The molecule has 0 unspecified atom stereocenters. The van der Waals surface area contributed by atoms with E-state index in [1.165, 1.54) is 0 Å². The van der Waals surface area contributed by atoms with Crippen molar-refractivity contribution in [2.45, 2.75) is 25.0 Å². The number of carbonyl (C=O) groups excluding carboxylic acids is 2. The highest BCUT2D eigenvalue weighted by atomic mass is 16.6. The van der Waals surface area contributed by atoms with Gasteiger partial charge in [0.15, 0.2) is 0 Å². The van der Waals surface area contributed by atoms with Crippen molar-refractivity contribution >= 4 is 11.9 Å². The standard InChI is InChI=1S/C10H10O4/c1-9-3-4-10(2,14-9)6-5(9)7(11)13-8(6)12/h3-6H,1-2H3/t5-,6-,9-,10-/m1/s1. The second-order valence-corrected chi connectivity index (χ2v) is 4.50. The summed E-state index contributed by atoms with van der Waals surface area (Å²) in [7, 11) is 0. The van der Waals surface area contributed by atoms with Crippen LogP contribution in [-0.2, 0) is 19.1 Å². The van der Waals surface area contributed by atoms with Crippen molar-refractivity contribution in [2.75, 3.05) is 0 Å². The van der Waals surface area contributed by atoms with Gasteiger partial charge in [-0.05, 0) is 13.8 Å². The third kappa shape index (κ3) is 0.661. The molecule has 0 aromatic carbocycles. The Kier molecular flexibility index (Phi) is 1.13. The number of rotatable bonds is 0. The lowest BCUT2D eigenvalue weighted by Gasteiger charge is -2.20. The van der Waals surface area contributed by atoms with E-state index in [1.807, 2.05) is 26.0 Å². The predicted octanol–water partition coefficient (Wildman–Crippen LogP) is 0.420. The van der Waals surface area contributed by atoms with Gasteiger partial charge < -0.3 is 9.47 Å². The number of fused-ring (bicyclic) bond motifs is 5. The zero-order valence-electron chi connectivity index (χ0n) is 7.94. The predicted molar refractivity (Wildman–Crippen MR) is 45.1 cm³/mol. The third-order valence-electron chi connectivity index (χ3n) is 3.46. The van der Waals surface area contributed by atoms with E-state index in [1.54, 1.807) is 0 Å². The van der Waals surface area contributed by atoms with Crippen molar-refractivity contribution in [3.8, 4) is 0 Å². The summed E-state index contributed by atoms with van der Waals surface area (Å²) in [6.07, 6.45) is 3.71. The molecule has 4 heteroatoms. The summed E-state index contributed by atoms with van der Waals surface area (Å²) >= 11 is 0. The minimum atomic E-state index is -0.650. The van der Waals surface area contributed by atoms with Crippen LogP contribution in [0, 0.1) is 11.8 Å². The first-order chi connectivity index (χ1) is 6.46. The number of esters is 2. The minimum absolute atomic E-state index is 0.449. The highest BCUT2D eigenvalue weighted by Gasteiger charge is 2.69. The lowest BCUT2D eigenvalue weighted by Crippen LogP contribution is -2.36. The van der Waals surface area contributed by atoms with Gasteiger partial charge in [0.1, 0.15) is 11.8 Å². The Bertz CT molecular complexity index is 352. The van der Waals surface area contributed by atoms with Crippen molar-refractivity contribution in [2.24, 2.45) is 11.8 Å². The SMILES string of the molecule is C[C@]12C=C[C@@](C)(O1)[C@H]1C(=O)OC(=O)[C@@H]12. The van der Waals surface area contributed by atoms with Gasteiger partial charge in [0, 0.05) is 0 Å². The monoisotopic (exact) mass is 194 g/mol. The van der Waals surface area contributed by atoms with Gasteiger partial charge in [-0.15, -0.1) is 0 Å². The van der Waals surface area contributed by atoms with E-state index >= 15 is 0 Å². The average molecular weight is 194 g/mol. The van der Waals surface area contributed by atoms with Crippen molar-refractivity contribution < 1.29 is 19.1 Å². The molecule has 2 fully saturated rings. The van der Waals surface area contributed by atoms with Crippen LogP contribution in [0.25, 0.3) is 0 Å². The van der Waals surface area contributed by atoms with Gasteiger partial charge in [-0.3, -0.25) is 9.59 Å². The Morgan fingerprint density at radius 2 is 1.50 bits per heavy atom. The van der Waals surface area contributed by atoms with E-state index in [2.05, 4.69) is 4.74 Å². The highest BCUT2D eigenvalue weighted by molar-refractivity contribution is 5.99. The lowest BCUT2D eigenvalue weighted by atomic mass is 9.73. The van der Waals surface area contributed by atoms with Gasteiger partial charge in [-0.1, -0.05) is 12.2 Å². The van der Waals surface area contributed by atoms with Crippen LogP contribution in [0.4, 0.5) is 0 Å². The molecule has 0 N–H and O–H groups in total. The summed E-state index contributed by atoms with van der Waals surface area (Å²) in [5, 5.41) is 0. The first-order valence-corrected chi connectivity index (χ1v) is 4.62. The molecule has 3 aliphatic heterocycles. The maximum absolute atomic E-state index is 11.4. The molecule has 74 valence electrons. The maximum atomic E-state index is 11.4. The van der Waals surface area contributed by atoms with Crippen LogP contribution in [0.15, 0.2) is 12.2 Å². The van der Waals surface area contributed by atoms with Gasteiger partial charge in [-0.25, -0.2) is 0 Å². The first kappa shape index (κ1) is 8.17. The molecule has 4 nitrogen and oxygen atoms in total. The zero-order chi connectivity index (χ0) is 10.1. The average Bonchev–Trinajstić information content (AvgIpc) is 2.60. The van der Waals surface area contributed by atoms with E-state index in [0.29, 0.717) is 0 Å². The van der Waals surface area contributed by atoms with Gasteiger partial charge in [0.25, 0.3) is 0 Å². The first-order valence-electron chi connectivity index (χ1n) is 4.62. The topological polar surface area (TPSA) is 52.6 Å². The van der Waals surface area contributed by atoms with Gasteiger partial charge in [0.05, 0.1) is 11.2 Å². The number of hydrogen-bond donors (Lipinski definition) is 0. The van der Waals surface area contributed by atoms with Crippen molar-refractivity contribution in [3.05, 3.63) is 12.2 Å². The summed E-state index contributed by atoms with van der Waals surface area (Å²) in [5.74, 6) is -1.80. The fraction of sp³-hybridized carbons (Fsp3) is 0.600. The van der Waals surface area contributed by atoms with Crippen molar-refractivity contribution in [1.82, 2.24) is 0 Å². The highest BCUT2D eigenvalue weighted by Crippen LogP contribution is 2.56. The number of ether oxygens (including phenoxy) is 2. The van der Waals surface area contributed by atoms with Gasteiger partial charge in [-0.2, -0.15) is 0 Å². The van der Waals surface area contributed by atoms with Crippen LogP contribution < -0.4 is 0 Å². The van der Waals surface area contributed by atoms with E-state index in [0.717, 1.165) is 0 Å². The Hall–Kier alpha value is -1.16. The second kappa shape index (κ2) is 1.93. The molecule has 0 aliphatic carbocycles.